The number of amides is 1. The number of anilines is 3. The number of aromatic nitrogens is 2. The highest BCUT2D eigenvalue weighted by atomic mass is 16.5. The van der Waals surface area contributed by atoms with Crippen LogP contribution in [0.1, 0.15) is 28.2 Å². The molecule has 0 saturated carbocycles. The second kappa shape index (κ2) is 7.68. The van der Waals surface area contributed by atoms with Gasteiger partial charge in [0, 0.05) is 17.9 Å². The Hall–Kier alpha value is -3.41. The lowest BCUT2D eigenvalue weighted by molar-refractivity contribution is 0.0980. The highest BCUT2D eigenvalue weighted by molar-refractivity contribution is 6.05. The van der Waals surface area contributed by atoms with Crippen LogP contribution in [0.15, 0.2) is 54.6 Å². The van der Waals surface area contributed by atoms with Crippen LogP contribution >= 0.6 is 0 Å². The van der Waals surface area contributed by atoms with Crippen molar-refractivity contribution in [1.82, 2.24) is 9.97 Å². The molecular weight excluding hydrogens is 352 g/mol. The van der Waals surface area contributed by atoms with Gasteiger partial charge in [0.05, 0.1) is 12.8 Å². The molecule has 1 N–H and O–H groups in total. The number of fused-ring (bicyclic) bond motifs is 1. The first kappa shape index (κ1) is 18.0. The van der Waals surface area contributed by atoms with Crippen molar-refractivity contribution in [3.05, 3.63) is 71.5 Å². The highest BCUT2D eigenvalue weighted by Gasteiger charge is 2.25. The van der Waals surface area contributed by atoms with Gasteiger partial charge in [-0.25, -0.2) is 9.97 Å². The van der Waals surface area contributed by atoms with Crippen LogP contribution in [0.5, 0.6) is 5.75 Å². The van der Waals surface area contributed by atoms with Gasteiger partial charge in [-0.15, -0.1) is 0 Å². The number of nitrogens with zero attached hydrogens (tertiary/aromatic N) is 3. The van der Waals surface area contributed by atoms with E-state index in [9.17, 15) is 4.79 Å². The van der Waals surface area contributed by atoms with Gasteiger partial charge in [-0.1, -0.05) is 30.3 Å². The van der Waals surface area contributed by atoms with Crippen molar-refractivity contribution in [2.45, 2.75) is 19.8 Å². The summed E-state index contributed by atoms with van der Waals surface area (Å²) in [4.78, 5) is 23.9. The number of carbonyl (C=O) groups excluding carboxylic acids is 1. The molecule has 0 atom stereocenters. The summed E-state index contributed by atoms with van der Waals surface area (Å²) < 4.78 is 5.37. The molecule has 6 heteroatoms. The fraction of sp³-hybridized carbons (Fsp3) is 0.227. The van der Waals surface area contributed by atoms with Gasteiger partial charge in [0.2, 0.25) is 5.95 Å². The van der Waals surface area contributed by atoms with Crippen LogP contribution in [0.3, 0.4) is 0 Å². The van der Waals surface area contributed by atoms with Gasteiger partial charge in [0.25, 0.3) is 5.91 Å². The lowest BCUT2D eigenvalue weighted by Gasteiger charge is -2.29. The van der Waals surface area contributed by atoms with E-state index in [1.54, 1.807) is 13.2 Å². The van der Waals surface area contributed by atoms with Crippen LogP contribution in [0.4, 0.5) is 17.3 Å². The third kappa shape index (κ3) is 3.53. The minimum absolute atomic E-state index is 0.110. The molecule has 1 aliphatic rings. The molecule has 0 unspecified atom stereocenters. The molecule has 4 rings (SSSR count). The molecule has 0 spiro atoms. The molecule has 142 valence electrons. The van der Waals surface area contributed by atoms with E-state index in [4.69, 9.17) is 4.74 Å². The molecule has 0 aliphatic carbocycles. The third-order valence-corrected chi connectivity index (χ3v) is 4.78. The Morgan fingerprint density at radius 2 is 1.89 bits per heavy atom. The normalized spacial score (nSPS) is 13.0. The number of carbonyl (C=O) groups is 1. The molecule has 6 nitrogen and oxygen atoms in total. The second-order valence-electron chi connectivity index (χ2n) is 6.73. The summed E-state index contributed by atoms with van der Waals surface area (Å²) in [5, 5.41) is 3.16. The number of nitrogens with one attached hydrogen (secondary N) is 1. The van der Waals surface area contributed by atoms with Gasteiger partial charge in [-0.05, 0) is 49.6 Å². The SMILES string of the molecule is COc1ccccc1Nc1nc(C)cc(C(=O)N2CCCc3ccccc32)n1. The van der Waals surface area contributed by atoms with E-state index < -0.39 is 0 Å². The molecule has 0 bridgehead atoms. The maximum Gasteiger partial charge on any atom is 0.277 e. The largest absolute Gasteiger partial charge is 0.495 e. The first-order valence-electron chi connectivity index (χ1n) is 9.31. The van der Waals surface area contributed by atoms with Crippen molar-refractivity contribution in [3.8, 4) is 5.75 Å². The van der Waals surface area contributed by atoms with Crippen molar-refractivity contribution in [3.63, 3.8) is 0 Å². The number of benzene rings is 2. The van der Waals surface area contributed by atoms with Crippen molar-refractivity contribution in [2.75, 3.05) is 23.9 Å². The Balaban J connectivity index is 1.65. The number of aryl methyl sites for hydroxylation is 2. The molecular formula is C22H22N4O2. The first-order valence-corrected chi connectivity index (χ1v) is 9.31. The molecule has 2 aromatic carbocycles. The van der Waals surface area contributed by atoms with Crippen molar-refractivity contribution < 1.29 is 9.53 Å². The van der Waals surface area contributed by atoms with Crippen LogP contribution in [0.25, 0.3) is 0 Å². The van der Waals surface area contributed by atoms with E-state index in [0.29, 0.717) is 23.9 Å². The summed E-state index contributed by atoms with van der Waals surface area (Å²) >= 11 is 0. The molecule has 0 saturated heterocycles. The minimum Gasteiger partial charge on any atom is -0.495 e. The summed E-state index contributed by atoms with van der Waals surface area (Å²) in [5.74, 6) is 0.948. The Morgan fingerprint density at radius 1 is 1.11 bits per heavy atom. The predicted octanol–water partition coefficient (Wildman–Crippen LogP) is 4.13. The molecule has 28 heavy (non-hydrogen) atoms. The fourth-order valence-electron chi connectivity index (χ4n) is 3.49. The van der Waals surface area contributed by atoms with Crippen LogP contribution < -0.4 is 15.0 Å². The lowest BCUT2D eigenvalue weighted by atomic mass is 10.0. The standard InChI is InChI=1S/C22H22N4O2/c1-15-14-18(21(27)26-13-7-9-16-8-3-5-11-19(16)26)25-22(23-15)24-17-10-4-6-12-20(17)28-2/h3-6,8,10-12,14H,7,9,13H2,1-2H3,(H,23,24,25). The van der Waals surface area contributed by atoms with Crippen LogP contribution in [0.2, 0.25) is 0 Å². The molecule has 0 radical (unpaired) electrons. The zero-order valence-corrected chi connectivity index (χ0v) is 16.0. The van der Waals surface area contributed by atoms with Crippen molar-refractivity contribution in [1.29, 1.82) is 0 Å². The van der Waals surface area contributed by atoms with Gasteiger partial charge < -0.3 is 15.0 Å². The summed E-state index contributed by atoms with van der Waals surface area (Å²) in [5.41, 5.74) is 4.01. The lowest BCUT2D eigenvalue weighted by Crippen LogP contribution is -2.36. The van der Waals surface area contributed by atoms with E-state index in [-0.39, 0.29) is 5.91 Å². The topological polar surface area (TPSA) is 67.3 Å². The minimum atomic E-state index is -0.110. The number of para-hydroxylation sites is 3. The quantitative estimate of drug-likeness (QED) is 0.744. The Kier molecular flexibility index (Phi) is 4.93. The average molecular weight is 374 g/mol. The van der Waals surface area contributed by atoms with E-state index in [1.165, 1.54) is 5.56 Å². The number of hydrogen-bond donors (Lipinski definition) is 1. The Morgan fingerprint density at radius 3 is 2.75 bits per heavy atom. The maximum atomic E-state index is 13.2. The van der Waals surface area contributed by atoms with Crippen molar-refractivity contribution >= 4 is 23.2 Å². The molecule has 1 aliphatic heterocycles. The van der Waals surface area contributed by atoms with Gasteiger partial charge in [0.1, 0.15) is 11.4 Å². The molecule has 1 aromatic heterocycles. The fourth-order valence-corrected chi connectivity index (χ4v) is 3.49. The van der Waals surface area contributed by atoms with E-state index in [1.807, 2.05) is 54.3 Å². The van der Waals surface area contributed by atoms with Gasteiger partial charge in [-0.2, -0.15) is 0 Å². The van der Waals surface area contributed by atoms with Crippen LogP contribution in [-0.4, -0.2) is 29.5 Å². The Bertz CT molecular complexity index is 1020. The zero-order chi connectivity index (χ0) is 19.5. The highest BCUT2D eigenvalue weighted by Crippen LogP contribution is 2.29. The first-order chi connectivity index (χ1) is 13.7. The maximum absolute atomic E-state index is 13.2. The number of hydrogen-bond acceptors (Lipinski definition) is 5. The van der Waals surface area contributed by atoms with E-state index in [0.717, 1.165) is 29.9 Å². The second-order valence-corrected chi connectivity index (χ2v) is 6.73. The smallest absolute Gasteiger partial charge is 0.277 e. The van der Waals surface area contributed by atoms with Gasteiger partial charge in [-0.3, -0.25) is 4.79 Å². The number of methoxy groups -OCH3 is 1. The average Bonchev–Trinajstić information content (AvgIpc) is 2.73. The zero-order valence-electron chi connectivity index (χ0n) is 16.0. The molecule has 3 aromatic rings. The van der Waals surface area contributed by atoms with Crippen LogP contribution in [-0.2, 0) is 6.42 Å². The number of rotatable bonds is 4. The number of ether oxygens (including phenoxy) is 1. The van der Waals surface area contributed by atoms with Crippen molar-refractivity contribution in [2.24, 2.45) is 0 Å². The van der Waals surface area contributed by atoms with Crippen LogP contribution in [0, 0.1) is 6.92 Å². The summed E-state index contributed by atoms with van der Waals surface area (Å²) in [6, 6.07) is 17.3. The summed E-state index contributed by atoms with van der Waals surface area (Å²) in [7, 11) is 1.61. The van der Waals surface area contributed by atoms with E-state index in [2.05, 4.69) is 21.4 Å². The monoisotopic (exact) mass is 374 g/mol. The molecule has 0 fully saturated rings. The van der Waals surface area contributed by atoms with Gasteiger partial charge >= 0.3 is 0 Å². The summed E-state index contributed by atoms with van der Waals surface area (Å²) in [6.07, 6.45) is 1.93. The Labute approximate surface area is 164 Å². The molecule has 2 heterocycles. The molecule has 1 amide bonds. The third-order valence-electron chi connectivity index (χ3n) is 4.78. The summed E-state index contributed by atoms with van der Waals surface area (Å²) in [6.45, 7) is 2.55. The predicted molar refractivity (Wildman–Crippen MR) is 109 cm³/mol. The van der Waals surface area contributed by atoms with Gasteiger partial charge in [0.15, 0.2) is 0 Å². The van der Waals surface area contributed by atoms with E-state index >= 15 is 0 Å².